The number of likely N-dealkylation sites (tertiary alicyclic amines) is 1. The van der Waals surface area contributed by atoms with Crippen LogP contribution in [0.15, 0.2) is 53.4 Å². The third-order valence-electron chi connectivity index (χ3n) is 6.24. The first-order chi connectivity index (χ1) is 17.0. The number of rotatable bonds is 6. The number of anilines is 2. The molecular formula is C26H29F3N4O2S. The fourth-order valence-corrected chi connectivity index (χ4v) is 4.97. The second kappa shape index (κ2) is 10.4. The van der Waals surface area contributed by atoms with Crippen LogP contribution in [0.5, 0.6) is 0 Å². The normalized spacial score (nSPS) is 15.5. The summed E-state index contributed by atoms with van der Waals surface area (Å²) in [6, 6.07) is 13.6. The Kier molecular flexibility index (Phi) is 7.52. The van der Waals surface area contributed by atoms with E-state index in [1.165, 1.54) is 16.7 Å². The van der Waals surface area contributed by atoms with E-state index in [-0.39, 0.29) is 23.2 Å². The first-order valence-corrected chi connectivity index (χ1v) is 13.6. The van der Waals surface area contributed by atoms with Crippen LogP contribution in [-0.2, 0) is 16.4 Å². The van der Waals surface area contributed by atoms with E-state index < -0.39 is 22.6 Å². The third-order valence-corrected chi connectivity index (χ3v) is 7.37. The number of aromatic nitrogens is 1. The Morgan fingerprint density at radius 2 is 1.78 bits per heavy atom. The van der Waals surface area contributed by atoms with Crippen LogP contribution in [-0.4, -0.2) is 63.0 Å². The first-order valence-electron chi connectivity index (χ1n) is 11.7. The number of nitrogens with one attached hydrogen (secondary N) is 2. The highest BCUT2D eigenvalue weighted by atomic mass is 32.2. The van der Waals surface area contributed by atoms with E-state index >= 15 is 0 Å². The maximum atomic E-state index is 13.4. The van der Waals surface area contributed by atoms with Crippen molar-refractivity contribution in [1.82, 2.24) is 9.47 Å². The zero-order valence-electron chi connectivity index (χ0n) is 20.2. The van der Waals surface area contributed by atoms with E-state index in [0.29, 0.717) is 16.6 Å². The van der Waals surface area contributed by atoms with Crippen molar-refractivity contribution < 1.29 is 21.6 Å². The molecule has 1 aromatic heterocycles. The molecule has 0 saturated carbocycles. The number of sulfone groups is 1. The summed E-state index contributed by atoms with van der Waals surface area (Å²) in [5.41, 5.74) is 2.25. The summed E-state index contributed by atoms with van der Waals surface area (Å²) in [5, 5.41) is 7.29. The van der Waals surface area contributed by atoms with Crippen molar-refractivity contribution in [3.8, 4) is 11.8 Å². The number of halogens is 3. The maximum absolute atomic E-state index is 13.4. The molecule has 0 radical (unpaired) electrons. The van der Waals surface area contributed by atoms with Crippen molar-refractivity contribution in [3.63, 3.8) is 0 Å². The Labute approximate surface area is 209 Å². The summed E-state index contributed by atoms with van der Waals surface area (Å²) in [7, 11) is -1.20. The predicted octanol–water partition coefficient (Wildman–Crippen LogP) is 4.58. The van der Waals surface area contributed by atoms with Gasteiger partial charge in [0.2, 0.25) is 0 Å². The molecule has 0 unspecified atom stereocenters. The van der Waals surface area contributed by atoms with Crippen LogP contribution in [0.2, 0.25) is 0 Å². The third kappa shape index (κ3) is 6.53. The van der Waals surface area contributed by atoms with Crippen LogP contribution in [0.3, 0.4) is 0 Å². The average Bonchev–Trinajstić information content (AvgIpc) is 3.15. The quantitative estimate of drug-likeness (QED) is 0.468. The molecule has 0 bridgehead atoms. The van der Waals surface area contributed by atoms with Gasteiger partial charge in [0, 0.05) is 29.1 Å². The number of hydrogen-bond donors (Lipinski definition) is 2. The second-order valence-corrected chi connectivity index (χ2v) is 11.2. The fraction of sp³-hybridized carbons (Fsp3) is 0.385. The maximum Gasteiger partial charge on any atom is 0.406 e. The molecule has 6 nitrogen and oxygen atoms in total. The van der Waals surface area contributed by atoms with Crippen molar-refractivity contribution >= 4 is 32.1 Å². The highest BCUT2D eigenvalue weighted by Gasteiger charge is 2.30. The Bertz CT molecular complexity index is 1380. The molecule has 1 fully saturated rings. The minimum absolute atomic E-state index is 0.187. The Morgan fingerprint density at radius 3 is 2.42 bits per heavy atom. The number of nitrogens with zero attached hydrogens (tertiary/aromatic N) is 2. The summed E-state index contributed by atoms with van der Waals surface area (Å²) in [6.45, 7) is 1.01. The summed E-state index contributed by atoms with van der Waals surface area (Å²) in [4.78, 5) is 2.47. The van der Waals surface area contributed by atoms with Crippen LogP contribution in [0, 0.1) is 11.8 Å². The lowest BCUT2D eigenvalue weighted by atomic mass is 10.0. The lowest BCUT2D eigenvalue weighted by Crippen LogP contribution is -2.36. The zero-order chi connectivity index (χ0) is 25.9. The van der Waals surface area contributed by atoms with E-state index in [4.69, 9.17) is 0 Å². The molecule has 3 aromatic rings. The van der Waals surface area contributed by atoms with Gasteiger partial charge in [-0.2, -0.15) is 13.2 Å². The van der Waals surface area contributed by atoms with Gasteiger partial charge in [0.15, 0.2) is 9.84 Å². The molecule has 2 heterocycles. The van der Waals surface area contributed by atoms with E-state index in [1.54, 1.807) is 30.3 Å². The second-order valence-electron chi connectivity index (χ2n) is 9.14. The van der Waals surface area contributed by atoms with E-state index in [1.807, 2.05) is 6.07 Å². The number of piperidine rings is 1. The van der Waals surface area contributed by atoms with Crippen LogP contribution < -0.4 is 10.6 Å². The van der Waals surface area contributed by atoms with E-state index in [9.17, 15) is 21.6 Å². The average molecular weight is 519 g/mol. The van der Waals surface area contributed by atoms with Crippen LogP contribution >= 0.6 is 0 Å². The summed E-state index contributed by atoms with van der Waals surface area (Å²) < 4.78 is 64.6. The fourth-order valence-electron chi connectivity index (χ4n) is 4.34. The molecule has 1 aliphatic rings. The van der Waals surface area contributed by atoms with Gasteiger partial charge in [-0.05, 0) is 81.4 Å². The van der Waals surface area contributed by atoms with Crippen LogP contribution in [0.4, 0.5) is 24.5 Å². The molecule has 4 rings (SSSR count). The SMILES string of the molecule is CN1CCC(Nc2cccc3c2cc(C#CCNc2ccc(S(C)(=O)=O)cc2)n3CC(F)(F)F)CC1. The predicted molar refractivity (Wildman–Crippen MR) is 137 cm³/mol. The molecule has 0 aliphatic carbocycles. The summed E-state index contributed by atoms with van der Waals surface area (Å²) >= 11 is 0. The summed E-state index contributed by atoms with van der Waals surface area (Å²) in [5.74, 6) is 5.78. The largest absolute Gasteiger partial charge is 0.406 e. The first kappa shape index (κ1) is 25.9. The van der Waals surface area contributed by atoms with Crippen molar-refractivity contribution in [2.75, 3.05) is 43.6 Å². The van der Waals surface area contributed by atoms with E-state index in [0.717, 1.165) is 37.9 Å². The molecule has 0 spiro atoms. The van der Waals surface area contributed by atoms with Crippen molar-refractivity contribution in [2.45, 2.75) is 36.5 Å². The molecule has 2 N–H and O–H groups in total. The Balaban J connectivity index is 1.56. The van der Waals surface area contributed by atoms with Gasteiger partial charge in [0.1, 0.15) is 6.54 Å². The van der Waals surface area contributed by atoms with Crippen molar-refractivity contribution in [3.05, 3.63) is 54.2 Å². The van der Waals surface area contributed by atoms with Gasteiger partial charge in [-0.3, -0.25) is 0 Å². The Hall–Kier alpha value is -3.16. The lowest BCUT2D eigenvalue weighted by Gasteiger charge is -2.30. The minimum Gasteiger partial charge on any atom is -0.382 e. The van der Waals surface area contributed by atoms with Gasteiger partial charge >= 0.3 is 6.18 Å². The topological polar surface area (TPSA) is 66.4 Å². The van der Waals surface area contributed by atoms with Crippen molar-refractivity contribution in [2.24, 2.45) is 0 Å². The lowest BCUT2D eigenvalue weighted by molar-refractivity contribution is -0.140. The highest BCUT2D eigenvalue weighted by Crippen LogP contribution is 2.31. The van der Waals surface area contributed by atoms with Gasteiger partial charge in [0.25, 0.3) is 0 Å². The molecule has 10 heteroatoms. The molecule has 2 aromatic carbocycles. The number of benzene rings is 2. The monoisotopic (exact) mass is 518 g/mol. The number of fused-ring (bicyclic) bond motifs is 1. The zero-order valence-corrected chi connectivity index (χ0v) is 21.0. The van der Waals surface area contributed by atoms with Gasteiger partial charge in [0.05, 0.1) is 22.7 Å². The van der Waals surface area contributed by atoms with Crippen LogP contribution in [0.25, 0.3) is 10.9 Å². The number of alkyl halides is 3. The highest BCUT2D eigenvalue weighted by molar-refractivity contribution is 7.90. The molecular weight excluding hydrogens is 489 g/mol. The van der Waals surface area contributed by atoms with Crippen LogP contribution in [0.1, 0.15) is 18.5 Å². The van der Waals surface area contributed by atoms with Gasteiger partial charge in [-0.15, -0.1) is 0 Å². The van der Waals surface area contributed by atoms with E-state index in [2.05, 4.69) is 34.4 Å². The molecule has 1 saturated heterocycles. The molecule has 36 heavy (non-hydrogen) atoms. The van der Waals surface area contributed by atoms with Gasteiger partial charge in [-0.1, -0.05) is 12.0 Å². The number of hydrogen-bond acceptors (Lipinski definition) is 5. The van der Waals surface area contributed by atoms with Gasteiger partial charge in [-0.25, -0.2) is 8.42 Å². The molecule has 1 aliphatic heterocycles. The smallest absolute Gasteiger partial charge is 0.382 e. The minimum atomic E-state index is -4.39. The summed E-state index contributed by atoms with van der Waals surface area (Å²) in [6.07, 6.45) is -1.31. The van der Waals surface area contributed by atoms with Gasteiger partial charge < -0.3 is 20.1 Å². The van der Waals surface area contributed by atoms with Crippen molar-refractivity contribution in [1.29, 1.82) is 0 Å². The molecule has 0 amide bonds. The Morgan fingerprint density at radius 1 is 1.08 bits per heavy atom. The standard InChI is InChI=1S/C26H29F3N4O2S/c1-32-15-12-20(13-16-32)31-24-6-3-7-25-23(24)17-21(33(25)18-26(27,28)29)5-4-14-30-19-8-10-22(11-9-19)36(2,34)35/h3,6-11,17,20,30-31H,12-16,18H2,1-2H3. The molecule has 192 valence electrons. The molecule has 0 atom stereocenters.